The molecular formula is C7H7F3N3O2S. The van der Waals surface area contributed by atoms with Gasteiger partial charge in [0.15, 0.2) is 6.04 Å². The molecule has 0 aliphatic rings. The molecule has 0 aromatic carbocycles. The van der Waals surface area contributed by atoms with Gasteiger partial charge in [-0.3, -0.25) is 15.3 Å². The lowest BCUT2D eigenvalue weighted by atomic mass is 10.3. The minimum absolute atomic E-state index is 0.314. The van der Waals surface area contributed by atoms with Crippen molar-refractivity contribution in [3.8, 4) is 6.07 Å². The van der Waals surface area contributed by atoms with Gasteiger partial charge in [0.2, 0.25) is 5.91 Å². The van der Waals surface area contributed by atoms with Gasteiger partial charge in [0.05, 0.1) is 17.6 Å². The summed E-state index contributed by atoms with van der Waals surface area (Å²) in [5, 5.41) is 10.1. The van der Waals surface area contributed by atoms with E-state index in [1.54, 1.807) is 0 Å². The molecule has 5 nitrogen and oxygen atoms in total. The molecule has 89 valence electrons. The van der Waals surface area contributed by atoms with E-state index < -0.39 is 35.5 Å². The third kappa shape index (κ3) is 6.94. The number of carbonyl (C=O) groups excluding carboxylic acids is 2. The Labute approximate surface area is 93.2 Å². The molecular weight excluding hydrogens is 247 g/mol. The molecule has 0 saturated carbocycles. The van der Waals surface area contributed by atoms with Gasteiger partial charge in [0.1, 0.15) is 0 Å². The lowest BCUT2D eigenvalue weighted by Gasteiger charge is -2.08. The maximum atomic E-state index is 11.7. The standard InChI is InChI=1S/C7H7F3N3O2S/c8-7(9,10)3-16-2-5(14)13-4(1-11)6(12)15/h4,12H,2-3H2,(H,13,14). The van der Waals surface area contributed by atoms with Gasteiger partial charge >= 0.3 is 6.18 Å². The number of carbonyl (C=O) groups is 2. The Bertz CT molecular complexity index is 313. The van der Waals surface area contributed by atoms with Crippen molar-refractivity contribution < 1.29 is 22.8 Å². The van der Waals surface area contributed by atoms with Gasteiger partial charge < -0.3 is 5.32 Å². The number of hydrogen-bond acceptors (Lipinski definition) is 4. The summed E-state index contributed by atoms with van der Waals surface area (Å²) in [4.78, 5) is 21.3. The molecule has 1 atom stereocenters. The van der Waals surface area contributed by atoms with Crippen LogP contribution in [0.3, 0.4) is 0 Å². The van der Waals surface area contributed by atoms with E-state index in [9.17, 15) is 22.8 Å². The topological polar surface area (TPSA) is 93.8 Å². The highest BCUT2D eigenvalue weighted by Gasteiger charge is 2.27. The largest absolute Gasteiger partial charge is 0.397 e. The van der Waals surface area contributed by atoms with E-state index in [1.807, 2.05) is 5.32 Å². The average Bonchev–Trinajstić information content (AvgIpc) is 2.11. The molecule has 0 saturated heterocycles. The minimum Gasteiger partial charge on any atom is -0.332 e. The zero-order valence-electron chi connectivity index (χ0n) is 7.80. The highest BCUT2D eigenvalue weighted by molar-refractivity contribution is 8.00. The molecule has 0 aromatic heterocycles. The first kappa shape index (κ1) is 14.6. The normalized spacial score (nSPS) is 12.6. The van der Waals surface area contributed by atoms with Crippen LogP contribution in [0.4, 0.5) is 13.2 Å². The van der Waals surface area contributed by atoms with Crippen molar-refractivity contribution in [2.45, 2.75) is 12.2 Å². The number of thioether (sulfide) groups is 1. The zero-order chi connectivity index (χ0) is 12.8. The van der Waals surface area contributed by atoms with E-state index in [4.69, 9.17) is 11.0 Å². The van der Waals surface area contributed by atoms with E-state index >= 15 is 0 Å². The first-order valence-corrected chi connectivity index (χ1v) is 5.00. The smallest absolute Gasteiger partial charge is 0.332 e. The third-order valence-electron chi connectivity index (χ3n) is 1.20. The van der Waals surface area contributed by atoms with Crippen LogP contribution < -0.4 is 11.1 Å². The second-order valence-electron chi connectivity index (χ2n) is 2.60. The van der Waals surface area contributed by atoms with Crippen LogP contribution in [0.5, 0.6) is 0 Å². The Hall–Kier alpha value is -1.43. The minimum atomic E-state index is -4.37. The van der Waals surface area contributed by atoms with Crippen LogP contribution in [0.25, 0.3) is 0 Å². The lowest BCUT2D eigenvalue weighted by molar-refractivity contribution is -0.125. The fraction of sp³-hybridized carbons (Fsp3) is 0.571. The van der Waals surface area contributed by atoms with Crippen LogP contribution in [0, 0.1) is 11.3 Å². The highest BCUT2D eigenvalue weighted by Crippen LogP contribution is 2.20. The summed E-state index contributed by atoms with van der Waals surface area (Å²) >= 11 is 0.314. The van der Waals surface area contributed by atoms with Gasteiger partial charge in [-0.05, 0) is 0 Å². The molecule has 1 radical (unpaired) electrons. The summed E-state index contributed by atoms with van der Waals surface area (Å²) in [5.41, 5.74) is 6.54. The molecule has 2 amide bonds. The van der Waals surface area contributed by atoms with Gasteiger partial charge in [-0.1, -0.05) is 0 Å². The summed E-state index contributed by atoms with van der Waals surface area (Å²) in [6.45, 7) is 0. The molecule has 0 aliphatic carbocycles. The molecule has 0 heterocycles. The van der Waals surface area contributed by atoms with Crippen LogP contribution in [-0.2, 0) is 9.59 Å². The second-order valence-corrected chi connectivity index (χ2v) is 3.59. The highest BCUT2D eigenvalue weighted by atomic mass is 32.2. The van der Waals surface area contributed by atoms with Crippen LogP contribution in [0.15, 0.2) is 0 Å². The number of hydrogen-bond donors (Lipinski definition) is 1. The summed E-state index contributed by atoms with van der Waals surface area (Å²) in [6, 6.07) is -0.287. The van der Waals surface area contributed by atoms with E-state index in [0.29, 0.717) is 11.8 Å². The molecule has 0 aliphatic heterocycles. The maximum Gasteiger partial charge on any atom is 0.397 e. The molecule has 0 aromatic rings. The number of rotatable bonds is 5. The van der Waals surface area contributed by atoms with E-state index in [2.05, 4.69) is 0 Å². The van der Waals surface area contributed by atoms with Gasteiger partial charge in [0, 0.05) is 0 Å². The number of alkyl halides is 3. The molecule has 2 N–H and O–H groups in total. The van der Waals surface area contributed by atoms with Gasteiger partial charge in [-0.15, -0.1) is 11.8 Å². The second kappa shape index (κ2) is 6.22. The summed E-state index contributed by atoms with van der Waals surface area (Å²) in [7, 11) is 0. The average molecular weight is 254 g/mol. The lowest BCUT2D eigenvalue weighted by Crippen LogP contribution is -2.41. The molecule has 1 unspecified atom stereocenters. The monoisotopic (exact) mass is 254 g/mol. The van der Waals surface area contributed by atoms with Crippen LogP contribution >= 0.6 is 11.8 Å². The van der Waals surface area contributed by atoms with Gasteiger partial charge in [0.25, 0.3) is 5.91 Å². The summed E-state index contributed by atoms with van der Waals surface area (Å²) in [6.07, 6.45) is -4.37. The van der Waals surface area contributed by atoms with E-state index in [0.717, 1.165) is 0 Å². The number of nitrogens with one attached hydrogen (secondary N) is 2. The number of nitriles is 1. The Morgan fingerprint density at radius 2 is 2.06 bits per heavy atom. The third-order valence-corrected chi connectivity index (χ3v) is 2.19. The first-order valence-electron chi connectivity index (χ1n) is 3.85. The SMILES string of the molecule is N#CC(NC(=O)CSCC(F)(F)F)C([NH])=O. The quantitative estimate of drug-likeness (QED) is 0.752. The first-order chi connectivity index (χ1) is 7.26. The van der Waals surface area contributed by atoms with Gasteiger partial charge in [-0.25, -0.2) is 0 Å². The van der Waals surface area contributed by atoms with Crippen LogP contribution in [-0.4, -0.2) is 35.5 Å². The Kier molecular flexibility index (Phi) is 5.66. The molecule has 0 bridgehead atoms. The molecule has 16 heavy (non-hydrogen) atoms. The predicted octanol–water partition coefficient (Wildman–Crippen LogP) is 0.0998. The number of nitrogens with zero attached hydrogens (tertiary/aromatic N) is 1. The maximum absolute atomic E-state index is 11.7. The van der Waals surface area contributed by atoms with Crippen molar-refractivity contribution in [1.82, 2.24) is 11.1 Å². The fourth-order valence-corrected chi connectivity index (χ4v) is 1.22. The van der Waals surface area contributed by atoms with E-state index in [1.165, 1.54) is 6.07 Å². The zero-order valence-corrected chi connectivity index (χ0v) is 8.61. The van der Waals surface area contributed by atoms with Gasteiger partial charge in [-0.2, -0.15) is 18.4 Å². The fourth-order valence-electron chi connectivity index (χ4n) is 0.619. The van der Waals surface area contributed by atoms with Crippen molar-refractivity contribution in [3.05, 3.63) is 0 Å². The molecule has 9 heteroatoms. The summed E-state index contributed by atoms with van der Waals surface area (Å²) in [5.74, 6) is -3.91. The molecule has 0 spiro atoms. The Morgan fingerprint density at radius 3 is 2.44 bits per heavy atom. The predicted molar refractivity (Wildman–Crippen MR) is 49.0 cm³/mol. The number of halogens is 3. The Balaban J connectivity index is 3.92. The van der Waals surface area contributed by atoms with Crippen LogP contribution in [0.2, 0.25) is 0 Å². The van der Waals surface area contributed by atoms with E-state index in [-0.39, 0.29) is 0 Å². The molecule has 0 fully saturated rings. The number of amides is 2. The van der Waals surface area contributed by atoms with Crippen molar-refractivity contribution in [2.75, 3.05) is 11.5 Å². The van der Waals surface area contributed by atoms with Crippen LogP contribution in [0.1, 0.15) is 0 Å². The molecule has 0 rings (SSSR count). The van der Waals surface area contributed by atoms with Crippen molar-refractivity contribution in [3.63, 3.8) is 0 Å². The van der Waals surface area contributed by atoms with Crippen molar-refractivity contribution >= 4 is 23.6 Å². The van der Waals surface area contributed by atoms with Crippen molar-refractivity contribution in [2.24, 2.45) is 0 Å². The summed E-state index contributed by atoms with van der Waals surface area (Å²) < 4.78 is 35.0. The Morgan fingerprint density at radius 1 is 1.50 bits per heavy atom. The van der Waals surface area contributed by atoms with Crippen molar-refractivity contribution in [1.29, 1.82) is 5.26 Å².